The van der Waals surface area contributed by atoms with Crippen LogP contribution in [0.25, 0.3) is 0 Å². The minimum Gasteiger partial charge on any atom is -0.394 e. The smallest absolute Gasteiger partial charge is 0.219 e. The van der Waals surface area contributed by atoms with Gasteiger partial charge in [0.25, 0.3) is 0 Å². The first-order valence-corrected chi connectivity index (χ1v) is 3.55. The number of likely N-dealkylation sites (tertiary alicyclic amines) is 1. The van der Waals surface area contributed by atoms with Gasteiger partial charge in [-0.15, -0.1) is 0 Å². The Morgan fingerprint density at radius 2 is 2.40 bits per heavy atom. The first kappa shape index (κ1) is 7.54. The maximum absolute atomic E-state index is 10.8. The molecule has 2 atom stereocenters. The monoisotopic (exact) mass is 143 g/mol. The lowest BCUT2D eigenvalue weighted by Crippen LogP contribution is -2.58. The zero-order chi connectivity index (χ0) is 7.72. The average molecular weight is 143 g/mol. The molecule has 1 aliphatic heterocycles. The Morgan fingerprint density at radius 1 is 1.80 bits per heavy atom. The number of nitrogens with zero attached hydrogens (tertiary/aromatic N) is 1. The Labute approximate surface area is 60.6 Å². The maximum Gasteiger partial charge on any atom is 0.219 e. The summed E-state index contributed by atoms with van der Waals surface area (Å²) in [5, 5.41) is 8.78. The molecule has 1 heterocycles. The standard InChI is InChI=1S/C7H13NO2/c1-5-3-8(6(2)10)7(5)4-9/h5,7,9H,3-4H2,1-2H3. The third kappa shape index (κ3) is 1.01. The van der Waals surface area contributed by atoms with Crippen LogP contribution in [0.1, 0.15) is 13.8 Å². The lowest BCUT2D eigenvalue weighted by atomic mass is 9.91. The summed E-state index contributed by atoms with van der Waals surface area (Å²) in [7, 11) is 0. The molecule has 0 aromatic rings. The van der Waals surface area contributed by atoms with Gasteiger partial charge in [0.05, 0.1) is 12.6 Å². The van der Waals surface area contributed by atoms with Gasteiger partial charge < -0.3 is 10.0 Å². The Morgan fingerprint density at radius 3 is 2.60 bits per heavy atom. The molecule has 0 aliphatic carbocycles. The van der Waals surface area contributed by atoms with E-state index in [-0.39, 0.29) is 18.6 Å². The summed E-state index contributed by atoms with van der Waals surface area (Å²) >= 11 is 0. The van der Waals surface area contributed by atoms with Crippen LogP contribution in [0.4, 0.5) is 0 Å². The van der Waals surface area contributed by atoms with Gasteiger partial charge in [-0.1, -0.05) is 6.92 Å². The average Bonchev–Trinajstić information content (AvgIpc) is 1.83. The van der Waals surface area contributed by atoms with Gasteiger partial charge in [0.2, 0.25) is 5.91 Å². The molecular weight excluding hydrogens is 130 g/mol. The van der Waals surface area contributed by atoms with Gasteiger partial charge in [-0.2, -0.15) is 0 Å². The van der Waals surface area contributed by atoms with Gasteiger partial charge in [-0.3, -0.25) is 4.79 Å². The molecule has 10 heavy (non-hydrogen) atoms. The number of aliphatic hydroxyl groups is 1. The van der Waals surface area contributed by atoms with Crippen LogP contribution in [-0.2, 0) is 4.79 Å². The zero-order valence-corrected chi connectivity index (χ0v) is 6.37. The van der Waals surface area contributed by atoms with Crippen molar-refractivity contribution in [1.29, 1.82) is 0 Å². The molecule has 0 aromatic heterocycles. The van der Waals surface area contributed by atoms with E-state index in [9.17, 15) is 4.79 Å². The molecule has 1 saturated heterocycles. The van der Waals surface area contributed by atoms with Crippen LogP contribution in [0.5, 0.6) is 0 Å². The number of hydrogen-bond acceptors (Lipinski definition) is 2. The van der Waals surface area contributed by atoms with Gasteiger partial charge in [-0.25, -0.2) is 0 Å². The summed E-state index contributed by atoms with van der Waals surface area (Å²) in [6.45, 7) is 4.48. The van der Waals surface area contributed by atoms with Crippen molar-refractivity contribution in [2.45, 2.75) is 19.9 Å². The van der Waals surface area contributed by atoms with Crippen LogP contribution in [0, 0.1) is 5.92 Å². The van der Waals surface area contributed by atoms with Crippen molar-refractivity contribution in [2.75, 3.05) is 13.2 Å². The highest BCUT2D eigenvalue weighted by molar-refractivity contribution is 5.74. The Bertz CT molecular complexity index is 147. The summed E-state index contributed by atoms with van der Waals surface area (Å²) < 4.78 is 0. The number of carbonyl (C=O) groups excluding carboxylic acids is 1. The van der Waals surface area contributed by atoms with Crippen molar-refractivity contribution in [1.82, 2.24) is 4.90 Å². The maximum atomic E-state index is 10.8. The third-order valence-corrected chi connectivity index (χ3v) is 2.13. The minimum atomic E-state index is 0.0668. The lowest BCUT2D eigenvalue weighted by Gasteiger charge is -2.45. The molecule has 2 unspecified atom stereocenters. The largest absolute Gasteiger partial charge is 0.394 e. The van der Waals surface area contributed by atoms with E-state index in [1.54, 1.807) is 4.90 Å². The van der Waals surface area contributed by atoms with Crippen LogP contribution in [-0.4, -0.2) is 35.1 Å². The summed E-state index contributed by atoms with van der Waals surface area (Å²) in [4.78, 5) is 12.5. The van der Waals surface area contributed by atoms with Crippen LogP contribution < -0.4 is 0 Å². The van der Waals surface area contributed by atoms with Crippen molar-refractivity contribution < 1.29 is 9.90 Å². The fraction of sp³-hybridized carbons (Fsp3) is 0.857. The van der Waals surface area contributed by atoms with E-state index in [2.05, 4.69) is 0 Å². The predicted molar refractivity (Wildman–Crippen MR) is 37.4 cm³/mol. The summed E-state index contributed by atoms with van der Waals surface area (Å²) in [6, 6.07) is 0.0810. The number of carbonyl (C=O) groups is 1. The minimum absolute atomic E-state index is 0.0668. The molecule has 58 valence electrons. The van der Waals surface area contributed by atoms with Crippen molar-refractivity contribution >= 4 is 5.91 Å². The highest BCUT2D eigenvalue weighted by Crippen LogP contribution is 2.23. The molecule has 1 aliphatic rings. The Kier molecular flexibility index (Phi) is 1.94. The molecular formula is C7H13NO2. The van der Waals surface area contributed by atoms with Gasteiger partial charge in [0.1, 0.15) is 0 Å². The first-order chi connectivity index (χ1) is 4.66. The van der Waals surface area contributed by atoms with Gasteiger partial charge in [-0.05, 0) is 5.92 Å². The Hall–Kier alpha value is -0.570. The highest BCUT2D eigenvalue weighted by atomic mass is 16.3. The van der Waals surface area contributed by atoms with Crippen molar-refractivity contribution in [3.63, 3.8) is 0 Å². The molecule has 1 fully saturated rings. The molecule has 3 nitrogen and oxygen atoms in total. The fourth-order valence-electron chi connectivity index (χ4n) is 1.38. The lowest BCUT2D eigenvalue weighted by molar-refractivity contribution is -0.142. The third-order valence-electron chi connectivity index (χ3n) is 2.13. The number of rotatable bonds is 1. The van der Waals surface area contributed by atoms with E-state index in [1.807, 2.05) is 6.92 Å². The molecule has 0 bridgehead atoms. The molecule has 3 heteroatoms. The van der Waals surface area contributed by atoms with Gasteiger partial charge >= 0.3 is 0 Å². The van der Waals surface area contributed by atoms with Crippen molar-refractivity contribution in [2.24, 2.45) is 5.92 Å². The van der Waals surface area contributed by atoms with E-state index < -0.39 is 0 Å². The molecule has 0 saturated carbocycles. The number of aliphatic hydroxyl groups excluding tert-OH is 1. The van der Waals surface area contributed by atoms with E-state index in [4.69, 9.17) is 5.11 Å². The Balaban J connectivity index is 2.45. The number of hydrogen-bond donors (Lipinski definition) is 1. The van der Waals surface area contributed by atoms with Crippen LogP contribution in [0.2, 0.25) is 0 Å². The van der Waals surface area contributed by atoms with Gasteiger partial charge in [0.15, 0.2) is 0 Å². The molecule has 0 aromatic carbocycles. The van der Waals surface area contributed by atoms with E-state index in [0.717, 1.165) is 6.54 Å². The second-order valence-electron chi connectivity index (χ2n) is 2.90. The van der Waals surface area contributed by atoms with Gasteiger partial charge in [0, 0.05) is 13.5 Å². The zero-order valence-electron chi connectivity index (χ0n) is 6.37. The second kappa shape index (κ2) is 2.58. The van der Waals surface area contributed by atoms with Crippen LogP contribution in [0.3, 0.4) is 0 Å². The molecule has 0 spiro atoms. The van der Waals surface area contributed by atoms with Crippen LogP contribution in [0.15, 0.2) is 0 Å². The normalized spacial score (nSPS) is 31.7. The highest BCUT2D eigenvalue weighted by Gasteiger charge is 2.36. The van der Waals surface area contributed by atoms with Crippen LogP contribution >= 0.6 is 0 Å². The van der Waals surface area contributed by atoms with E-state index in [0.29, 0.717) is 5.92 Å². The number of amides is 1. The molecule has 1 N–H and O–H groups in total. The fourth-order valence-corrected chi connectivity index (χ4v) is 1.38. The molecule has 0 radical (unpaired) electrons. The second-order valence-corrected chi connectivity index (χ2v) is 2.90. The molecule has 1 rings (SSSR count). The predicted octanol–water partition coefficient (Wildman–Crippen LogP) is -0.155. The van der Waals surface area contributed by atoms with Crippen molar-refractivity contribution in [3.8, 4) is 0 Å². The summed E-state index contributed by atoms with van der Waals surface area (Å²) in [5.74, 6) is 0.533. The van der Waals surface area contributed by atoms with E-state index in [1.165, 1.54) is 6.92 Å². The topological polar surface area (TPSA) is 40.5 Å². The quantitative estimate of drug-likeness (QED) is 0.554. The molecule has 1 amide bonds. The SMILES string of the molecule is CC(=O)N1CC(C)C1CO. The van der Waals surface area contributed by atoms with Crippen molar-refractivity contribution in [3.05, 3.63) is 0 Å². The summed E-state index contributed by atoms with van der Waals surface area (Å²) in [5.41, 5.74) is 0. The van der Waals surface area contributed by atoms with E-state index >= 15 is 0 Å². The summed E-state index contributed by atoms with van der Waals surface area (Å²) in [6.07, 6.45) is 0. The first-order valence-electron chi connectivity index (χ1n) is 3.55.